The number of hydrogen-bond donors (Lipinski definition) is 2. The first-order valence-electron chi connectivity index (χ1n) is 6.15. The van der Waals surface area contributed by atoms with E-state index in [4.69, 9.17) is 15.3 Å². The van der Waals surface area contributed by atoms with Gasteiger partial charge in [-0.3, -0.25) is 16.0 Å². The molecule has 3 N–H and O–H groups in total. The molecule has 2 aromatic carbocycles. The summed E-state index contributed by atoms with van der Waals surface area (Å²) in [6.45, 7) is 0.160. The van der Waals surface area contributed by atoms with E-state index in [9.17, 15) is 10.1 Å². The topological polar surface area (TPSA) is 99.6 Å². The number of hydrazine groups is 1. The lowest BCUT2D eigenvalue weighted by Crippen LogP contribution is -2.10. The van der Waals surface area contributed by atoms with Crippen molar-refractivity contribution in [2.45, 2.75) is 6.61 Å². The number of nitro groups is 1. The molecular weight excluding hydrogens is 274 g/mol. The highest BCUT2D eigenvalue weighted by Gasteiger charge is 2.11. The van der Waals surface area contributed by atoms with Crippen molar-refractivity contribution in [2.75, 3.05) is 12.5 Å². The summed E-state index contributed by atoms with van der Waals surface area (Å²) in [7, 11) is 1.58. The molecule has 0 atom stereocenters. The van der Waals surface area contributed by atoms with Crippen molar-refractivity contribution in [1.82, 2.24) is 0 Å². The van der Waals surface area contributed by atoms with Crippen LogP contribution in [0.5, 0.6) is 11.5 Å². The highest BCUT2D eigenvalue weighted by molar-refractivity contribution is 5.55. The molecule has 0 radical (unpaired) electrons. The summed E-state index contributed by atoms with van der Waals surface area (Å²) >= 11 is 0. The van der Waals surface area contributed by atoms with E-state index in [0.717, 1.165) is 5.75 Å². The van der Waals surface area contributed by atoms with Crippen molar-refractivity contribution in [2.24, 2.45) is 5.84 Å². The van der Waals surface area contributed by atoms with E-state index in [-0.39, 0.29) is 12.3 Å². The first-order chi connectivity index (χ1) is 10.1. The van der Waals surface area contributed by atoms with Gasteiger partial charge in [0.2, 0.25) is 0 Å². The summed E-state index contributed by atoms with van der Waals surface area (Å²) in [5.41, 5.74) is 3.66. The molecule has 0 amide bonds. The van der Waals surface area contributed by atoms with Gasteiger partial charge in [0.25, 0.3) is 5.69 Å². The molecule has 0 bridgehead atoms. The number of nitrogens with one attached hydrogen (secondary N) is 1. The van der Waals surface area contributed by atoms with Gasteiger partial charge in [0.1, 0.15) is 18.1 Å². The van der Waals surface area contributed by atoms with Gasteiger partial charge in [-0.15, -0.1) is 0 Å². The number of ether oxygens (including phenoxy) is 2. The van der Waals surface area contributed by atoms with Crippen molar-refractivity contribution in [1.29, 1.82) is 0 Å². The number of anilines is 1. The number of methoxy groups -OCH3 is 1. The van der Waals surface area contributed by atoms with Crippen LogP contribution < -0.4 is 20.7 Å². The highest BCUT2D eigenvalue weighted by Crippen LogP contribution is 2.24. The maximum atomic E-state index is 10.8. The SMILES string of the molecule is COc1ccc(OCc2cc([N+](=O)[O-])ccc2NN)cc1. The van der Waals surface area contributed by atoms with Gasteiger partial charge in [0.15, 0.2) is 0 Å². The molecule has 0 unspecified atom stereocenters. The zero-order chi connectivity index (χ0) is 15.2. The third-order valence-electron chi connectivity index (χ3n) is 2.91. The van der Waals surface area contributed by atoms with Crippen LogP contribution in [0.3, 0.4) is 0 Å². The van der Waals surface area contributed by atoms with Crippen LogP contribution in [0.4, 0.5) is 11.4 Å². The van der Waals surface area contributed by atoms with Crippen molar-refractivity contribution < 1.29 is 14.4 Å². The lowest BCUT2D eigenvalue weighted by Gasteiger charge is -2.11. The second-order valence-electron chi connectivity index (χ2n) is 4.21. The minimum Gasteiger partial charge on any atom is -0.497 e. The maximum absolute atomic E-state index is 10.8. The van der Waals surface area contributed by atoms with Crippen LogP contribution in [0.1, 0.15) is 5.56 Å². The van der Waals surface area contributed by atoms with E-state index in [1.54, 1.807) is 37.4 Å². The van der Waals surface area contributed by atoms with E-state index < -0.39 is 4.92 Å². The second-order valence-corrected chi connectivity index (χ2v) is 4.21. The van der Waals surface area contributed by atoms with Gasteiger partial charge >= 0.3 is 0 Å². The Labute approximate surface area is 121 Å². The predicted molar refractivity (Wildman–Crippen MR) is 78.2 cm³/mol. The van der Waals surface area contributed by atoms with Crippen LogP contribution in [0.15, 0.2) is 42.5 Å². The summed E-state index contributed by atoms with van der Waals surface area (Å²) in [5, 5.41) is 10.8. The Morgan fingerprint density at radius 3 is 2.43 bits per heavy atom. The number of nitro benzene ring substituents is 1. The van der Waals surface area contributed by atoms with Crippen LogP contribution in [0, 0.1) is 10.1 Å². The molecule has 21 heavy (non-hydrogen) atoms. The van der Waals surface area contributed by atoms with Gasteiger partial charge in [-0.2, -0.15) is 0 Å². The first kappa shape index (κ1) is 14.6. The summed E-state index contributed by atoms with van der Waals surface area (Å²) in [4.78, 5) is 10.3. The van der Waals surface area contributed by atoms with Crippen LogP contribution in [0.25, 0.3) is 0 Å². The number of nitrogen functional groups attached to an aromatic ring is 1. The fourth-order valence-electron chi connectivity index (χ4n) is 1.79. The monoisotopic (exact) mass is 289 g/mol. The second kappa shape index (κ2) is 6.58. The number of nitrogens with two attached hydrogens (primary N) is 1. The summed E-state index contributed by atoms with van der Waals surface area (Å²) in [6, 6.07) is 11.4. The standard InChI is InChI=1S/C14H15N3O4/c1-20-12-3-5-13(6-4-12)21-9-10-8-11(17(18)19)2-7-14(10)16-15/h2-8,16H,9,15H2,1H3. The lowest BCUT2D eigenvalue weighted by atomic mass is 10.1. The summed E-state index contributed by atoms with van der Waals surface area (Å²) < 4.78 is 10.6. The zero-order valence-corrected chi connectivity index (χ0v) is 11.4. The largest absolute Gasteiger partial charge is 0.497 e. The first-order valence-corrected chi connectivity index (χ1v) is 6.15. The Balaban J connectivity index is 2.13. The molecule has 0 fully saturated rings. The predicted octanol–water partition coefficient (Wildman–Crippen LogP) is 2.47. The molecule has 0 aliphatic carbocycles. The Kier molecular flexibility index (Phi) is 4.57. The fourth-order valence-corrected chi connectivity index (χ4v) is 1.79. The molecule has 0 saturated carbocycles. The number of nitrogens with zero attached hydrogens (tertiary/aromatic N) is 1. The number of non-ortho nitro benzene ring substituents is 1. The molecule has 0 spiro atoms. The van der Waals surface area contributed by atoms with Crippen LogP contribution in [-0.4, -0.2) is 12.0 Å². The number of rotatable bonds is 6. The molecule has 2 rings (SSSR count). The van der Waals surface area contributed by atoms with Gasteiger partial charge < -0.3 is 14.9 Å². The Bertz CT molecular complexity index is 629. The summed E-state index contributed by atoms with van der Waals surface area (Å²) in [5.74, 6) is 6.75. The van der Waals surface area contributed by atoms with Gasteiger partial charge in [0.05, 0.1) is 17.7 Å². The molecule has 7 nitrogen and oxygen atoms in total. The average Bonchev–Trinajstić information content (AvgIpc) is 2.53. The van der Waals surface area contributed by atoms with E-state index in [2.05, 4.69) is 5.43 Å². The van der Waals surface area contributed by atoms with Crippen molar-refractivity contribution >= 4 is 11.4 Å². The van der Waals surface area contributed by atoms with Crippen molar-refractivity contribution in [3.8, 4) is 11.5 Å². The maximum Gasteiger partial charge on any atom is 0.269 e. The number of benzene rings is 2. The molecule has 110 valence electrons. The highest BCUT2D eigenvalue weighted by atomic mass is 16.6. The molecule has 0 aliphatic rings. The smallest absolute Gasteiger partial charge is 0.269 e. The molecule has 0 aromatic heterocycles. The van der Waals surface area contributed by atoms with Gasteiger partial charge in [0, 0.05) is 17.7 Å². The number of hydrogen-bond acceptors (Lipinski definition) is 6. The fraction of sp³-hybridized carbons (Fsp3) is 0.143. The Morgan fingerprint density at radius 1 is 1.19 bits per heavy atom. The van der Waals surface area contributed by atoms with E-state index >= 15 is 0 Å². The molecular formula is C14H15N3O4. The Hall–Kier alpha value is -2.80. The minimum absolute atomic E-state index is 0.0117. The van der Waals surface area contributed by atoms with E-state index in [1.807, 2.05) is 0 Å². The van der Waals surface area contributed by atoms with Gasteiger partial charge in [-0.1, -0.05) is 0 Å². The van der Waals surface area contributed by atoms with E-state index in [1.165, 1.54) is 12.1 Å². The van der Waals surface area contributed by atoms with Crippen LogP contribution in [-0.2, 0) is 6.61 Å². The molecule has 0 aliphatic heterocycles. The molecule has 0 saturated heterocycles. The van der Waals surface area contributed by atoms with Gasteiger partial charge in [-0.05, 0) is 30.3 Å². The van der Waals surface area contributed by atoms with Crippen LogP contribution in [0.2, 0.25) is 0 Å². The van der Waals surface area contributed by atoms with E-state index in [0.29, 0.717) is 17.0 Å². The quantitative estimate of drug-likeness (QED) is 0.481. The Morgan fingerprint density at radius 2 is 1.86 bits per heavy atom. The summed E-state index contributed by atoms with van der Waals surface area (Å²) in [6.07, 6.45) is 0. The normalized spacial score (nSPS) is 10.0. The lowest BCUT2D eigenvalue weighted by molar-refractivity contribution is -0.384. The minimum atomic E-state index is -0.461. The van der Waals surface area contributed by atoms with Gasteiger partial charge in [-0.25, -0.2) is 0 Å². The molecule has 2 aromatic rings. The molecule has 0 heterocycles. The average molecular weight is 289 g/mol. The van der Waals surface area contributed by atoms with Crippen molar-refractivity contribution in [3.05, 3.63) is 58.1 Å². The third kappa shape index (κ3) is 3.61. The van der Waals surface area contributed by atoms with Crippen LogP contribution >= 0.6 is 0 Å². The zero-order valence-electron chi connectivity index (χ0n) is 11.4. The molecule has 7 heteroatoms. The third-order valence-corrected chi connectivity index (χ3v) is 2.91. The van der Waals surface area contributed by atoms with Crippen molar-refractivity contribution in [3.63, 3.8) is 0 Å².